The molecule has 1 N–H and O–H groups in total. The first-order valence-corrected chi connectivity index (χ1v) is 7.43. The van der Waals surface area contributed by atoms with E-state index in [9.17, 15) is 22.8 Å². The van der Waals surface area contributed by atoms with Gasteiger partial charge < -0.3 is 10.2 Å². The number of alkyl halides is 3. The summed E-state index contributed by atoms with van der Waals surface area (Å²) < 4.78 is 37.3. The lowest BCUT2D eigenvalue weighted by atomic mass is 10.0. The molecule has 1 aromatic carbocycles. The second kappa shape index (κ2) is 6.60. The quantitative estimate of drug-likeness (QED) is 0.924. The highest BCUT2D eigenvalue weighted by Crippen LogP contribution is 2.34. The van der Waals surface area contributed by atoms with Crippen LogP contribution >= 0.6 is 0 Å². The second-order valence-corrected chi connectivity index (χ2v) is 6.07. The standard InChI is InChI=1S/C16H19F3N2O2/c1-10(2)9-21-13(11-6-4-3-5-7-11)8-12(14(21)22)20-15(23)16(17,18)19/h3-7,10,12-13H,8-9H2,1-2H3,(H,20,23)/t12-,13-/m1/s1. The van der Waals surface area contributed by atoms with E-state index in [0.29, 0.717) is 6.54 Å². The zero-order valence-corrected chi connectivity index (χ0v) is 12.9. The predicted molar refractivity (Wildman–Crippen MR) is 78.3 cm³/mol. The minimum atomic E-state index is -4.99. The molecule has 2 atom stereocenters. The lowest BCUT2D eigenvalue weighted by Crippen LogP contribution is -2.47. The predicted octanol–water partition coefficient (Wildman–Crippen LogP) is 2.66. The molecule has 0 unspecified atom stereocenters. The van der Waals surface area contributed by atoms with Crippen molar-refractivity contribution in [3.05, 3.63) is 35.9 Å². The molecule has 126 valence electrons. The number of carbonyl (C=O) groups is 2. The van der Waals surface area contributed by atoms with Gasteiger partial charge in [-0.2, -0.15) is 13.2 Å². The third-order valence-electron chi connectivity index (χ3n) is 3.73. The number of likely N-dealkylation sites (tertiary alicyclic amines) is 1. The van der Waals surface area contributed by atoms with Crippen molar-refractivity contribution in [2.45, 2.75) is 38.5 Å². The molecule has 23 heavy (non-hydrogen) atoms. The van der Waals surface area contributed by atoms with E-state index in [1.54, 1.807) is 4.90 Å². The molecule has 0 aliphatic carbocycles. The van der Waals surface area contributed by atoms with Gasteiger partial charge in [-0.05, 0) is 11.5 Å². The van der Waals surface area contributed by atoms with Gasteiger partial charge in [0.05, 0.1) is 6.04 Å². The van der Waals surface area contributed by atoms with Crippen molar-refractivity contribution >= 4 is 11.8 Å². The SMILES string of the molecule is CC(C)CN1C(=O)[C@H](NC(=O)C(F)(F)F)C[C@@H]1c1ccccc1. The van der Waals surface area contributed by atoms with Crippen LogP contribution < -0.4 is 5.32 Å². The molecule has 7 heteroatoms. The molecular formula is C16H19F3N2O2. The maximum Gasteiger partial charge on any atom is 0.471 e. The molecule has 0 aromatic heterocycles. The zero-order valence-electron chi connectivity index (χ0n) is 12.9. The summed E-state index contributed by atoms with van der Waals surface area (Å²) in [6, 6.07) is 7.65. The van der Waals surface area contributed by atoms with Crippen LogP contribution in [0, 0.1) is 5.92 Å². The Balaban J connectivity index is 2.21. The molecule has 2 amide bonds. The van der Waals surface area contributed by atoms with Crippen molar-refractivity contribution in [3.63, 3.8) is 0 Å². The normalized spacial score (nSPS) is 21.8. The van der Waals surface area contributed by atoms with Crippen LogP contribution in [0.3, 0.4) is 0 Å². The third kappa shape index (κ3) is 4.03. The minimum absolute atomic E-state index is 0.136. The van der Waals surface area contributed by atoms with E-state index in [1.165, 1.54) is 0 Å². The Hall–Kier alpha value is -2.05. The Labute approximate surface area is 132 Å². The summed E-state index contributed by atoms with van der Waals surface area (Å²) in [5.41, 5.74) is 0.852. The molecule has 1 fully saturated rings. The van der Waals surface area contributed by atoms with Crippen molar-refractivity contribution in [1.82, 2.24) is 10.2 Å². The summed E-state index contributed by atoms with van der Waals surface area (Å²) in [6.07, 6.45) is -4.86. The first-order chi connectivity index (χ1) is 10.7. The van der Waals surface area contributed by atoms with E-state index in [2.05, 4.69) is 0 Å². The molecule has 1 saturated heterocycles. The Kier molecular flexibility index (Phi) is 4.97. The molecule has 0 bridgehead atoms. The van der Waals surface area contributed by atoms with Crippen LogP contribution in [0.4, 0.5) is 13.2 Å². The van der Waals surface area contributed by atoms with Crippen LogP contribution in [-0.4, -0.2) is 35.5 Å². The van der Waals surface area contributed by atoms with Crippen LogP contribution in [0.15, 0.2) is 30.3 Å². The van der Waals surface area contributed by atoms with Gasteiger partial charge in [-0.1, -0.05) is 44.2 Å². The van der Waals surface area contributed by atoms with E-state index >= 15 is 0 Å². The first kappa shape index (κ1) is 17.3. The van der Waals surface area contributed by atoms with Crippen LogP contribution in [-0.2, 0) is 9.59 Å². The van der Waals surface area contributed by atoms with Crippen LogP contribution in [0.1, 0.15) is 31.9 Å². The van der Waals surface area contributed by atoms with Gasteiger partial charge in [0.15, 0.2) is 0 Å². The molecule has 2 rings (SSSR count). The van der Waals surface area contributed by atoms with E-state index < -0.39 is 24.0 Å². The number of carbonyl (C=O) groups excluding carboxylic acids is 2. The Morgan fingerprint density at radius 2 is 1.91 bits per heavy atom. The molecule has 0 saturated carbocycles. The van der Waals surface area contributed by atoms with Crippen LogP contribution in [0.25, 0.3) is 0 Å². The second-order valence-electron chi connectivity index (χ2n) is 6.07. The van der Waals surface area contributed by atoms with E-state index in [4.69, 9.17) is 0 Å². The molecule has 0 radical (unpaired) electrons. The lowest BCUT2D eigenvalue weighted by Gasteiger charge is -2.26. The fourth-order valence-electron chi connectivity index (χ4n) is 2.77. The molecule has 1 aliphatic heterocycles. The van der Waals surface area contributed by atoms with E-state index in [-0.39, 0.29) is 18.4 Å². The van der Waals surface area contributed by atoms with E-state index in [1.807, 2.05) is 49.5 Å². The Morgan fingerprint density at radius 1 is 1.30 bits per heavy atom. The number of hydrogen-bond donors (Lipinski definition) is 1. The monoisotopic (exact) mass is 328 g/mol. The van der Waals surface area contributed by atoms with Crippen molar-refractivity contribution in [2.24, 2.45) is 5.92 Å². The fraction of sp³-hybridized carbons (Fsp3) is 0.500. The van der Waals surface area contributed by atoms with Crippen molar-refractivity contribution in [3.8, 4) is 0 Å². The van der Waals surface area contributed by atoms with Gasteiger partial charge in [-0.25, -0.2) is 0 Å². The summed E-state index contributed by atoms with van der Waals surface area (Å²) in [5.74, 6) is -2.37. The van der Waals surface area contributed by atoms with Gasteiger partial charge in [0.25, 0.3) is 0 Å². The summed E-state index contributed by atoms with van der Waals surface area (Å²) >= 11 is 0. The number of halogens is 3. The van der Waals surface area contributed by atoms with Gasteiger partial charge >= 0.3 is 12.1 Å². The number of benzene rings is 1. The largest absolute Gasteiger partial charge is 0.471 e. The number of rotatable bonds is 4. The van der Waals surface area contributed by atoms with Gasteiger partial charge in [-0.15, -0.1) is 0 Å². The highest BCUT2D eigenvalue weighted by atomic mass is 19.4. The lowest BCUT2D eigenvalue weighted by molar-refractivity contribution is -0.174. The fourth-order valence-corrected chi connectivity index (χ4v) is 2.77. The molecule has 4 nitrogen and oxygen atoms in total. The van der Waals surface area contributed by atoms with E-state index in [0.717, 1.165) is 5.56 Å². The molecule has 1 aromatic rings. The van der Waals surface area contributed by atoms with Gasteiger partial charge in [0.1, 0.15) is 6.04 Å². The number of amides is 2. The zero-order chi connectivity index (χ0) is 17.2. The number of nitrogens with one attached hydrogen (secondary N) is 1. The maximum atomic E-state index is 12.4. The molecular weight excluding hydrogens is 309 g/mol. The average Bonchev–Trinajstić information content (AvgIpc) is 2.76. The van der Waals surface area contributed by atoms with Crippen molar-refractivity contribution < 1.29 is 22.8 Å². The first-order valence-electron chi connectivity index (χ1n) is 7.43. The minimum Gasteiger partial charge on any atom is -0.336 e. The van der Waals surface area contributed by atoms with Gasteiger partial charge in [-0.3, -0.25) is 9.59 Å². The Morgan fingerprint density at radius 3 is 2.43 bits per heavy atom. The maximum absolute atomic E-state index is 12.4. The molecule has 1 aliphatic rings. The van der Waals surface area contributed by atoms with Crippen molar-refractivity contribution in [2.75, 3.05) is 6.54 Å². The summed E-state index contributed by atoms with van der Waals surface area (Å²) in [7, 11) is 0. The summed E-state index contributed by atoms with van der Waals surface area (Å²) in [5, 5.41) is 1.82. The van der Waals surface area contributed by atoms with Crippen molar-refractivity contribution in [1.29, 1.82) is 0 Å². The Bertz CT molecular complexity index is 572. The number of nitrogens with zero attached hydrogens (tertiary/aromatic N) is 1. The molecule has 0 spiro atoms. The van der Waals surface area contributed by atoms with Crippen LogP contribution in [0.5, 0.6) is 0 Å². The average molecular weight is 328 g/mol. The molecule has 1 heterocycles. The van der Waals surface area contributed by atoms with Gasteiger partial charge in [0.2, 0.25) is 5.91 Å². The highest BCUT2D eigenvalue weighted by molar-refractivity contribution is 5.91. The smallest absolute Gasteiger partial charge is 0.336 e. The summed E-state index contributed by atoms with van der Waals surface area (Å²) in [4.78, 5) is 25.1. The summed E-state index contributed by atoms with van der Waals surface area (Å²) in [6.45, 7) is 4.28. The highest BCUT2D eigenvalue weighted by Gasteiger charge is 2.46. The third-order valence-corrected chi connectivity index (χ3v) is 3.73. The number of hydrogen-bond acceptors (Lipinski definition) is 2. The van der Waals surface area contributed by atoms with Crippen LogP contribution in [0.2, 0.25) is 0 Å². The topological polar surface area (TPSA) is 49.4 Å². The van der Waals surface area contributed by atoms with Gasteiger partial charge in [0, 0.05) is 13.0 Å².